The summed E-state index contributed by atoms with van der Waals surface area (Å²) in [6.45, 7) is 4.08. The Labute approximate surface area is 171 Å². The van der Waals surface area contributed by atoms with Crippen LogP contribution in [0.4, 0.5) is 5.69 Å². The van der Waals surface area contributed by atoms with Gasteiger partial charge in [-0.15, -0.1) is 0 Å². The van der Waals surface area contributed by atoms with Gasteiger partial charge < -0.3 is 5.32 Å². The number of aromatic nitrogens is 1. The second kappa shape index (κ2) is 8.45. The molecule has 1 heterocycles. The van der Waals surface area contributed by atoms with E-state index in [0.29, 0.717) is 17.8 Å². The van der Waals surface area contributed by atoms with Crippen LogP contribution in [0.2, 0.25) is 0 Å². The molecule has 0 atom stereocenters. The number of anilines is 1. The Kier molecular flexibility index (Phi) is 5.98. The molecule has 0 bridgehead atoms. The van der Waals surface area contributed by atoms with E-state index in [2.05, 4.69) is 10.3 Å². The number of nitrogens with zero attached hydrogens (tertiary/aromatic N) is 2. The molecule has 0 unspecified atom stereocenters. The highest BCUT2D eigenvalue weighted by Crippen LogP contribution is 2.26. The first-order valence-electron chi connectivity index (χ1n) is 9.12. The van der Waals surface area contributed by atoms with Gasteiger partial charge in [0.2, 0.25) is 0 Å². The smallest absolute Gasteiger partial charge is 0.264 e. The van der Waals surface area contributed by atoms with Crippen molar-refractivity contribution >= 4 is 21.6 Å². The van der Waals surface area contributed by atoms with Gasteiger partial charge >= 0.3 is 0 Å². The van der Waals surface area contributed by atoms with Crippen LogP contribution in [-0.2, 0) is 16.6 Å². The summed E-state index contributed by atoms with van der Waals surface area (Å²) in [5, 5.41) is 2.84. The van der Waals surface area contributed by atoms with Gasteiger partial charge in [-0.3, -0.25) is 14.1 Å². The molecule has 0 saturated heterocycles. The van der Waals surface area contributed by atoms with Crippen molar-refractivity contribution in [2.45, 2.75) is 25.3 Å². The predicted molar refractivity (Wildman–Crippen MR) is 113 cm³/mol. The van der Waals surface area contributed by atoms with Crippen molar-refractivity contribution in [3.05, 3.63) is 89.2 Å². The molecule has 0 spiro atoms. The number of hydrogen-bond acceptors (Lipinski definition) is 4. The number of carbonyl (C=O) groups excluding carboxylic acids is 1. The standard InChI is InChI=1S/C22H23N3O3S/c1-16-4-8-20(9-5-16)29(27,28)25(3)21-14-19(7-6-17(21)2)22(26)24-15-18-10-12-23-13-11-18/h4-14H,15H2,1-3H3,(H,24,26). The van der Waals surface area contributed by atoms with E-state index in [4.69, 9.17) is 0 Å². The SMILES string of the molecule is Cc1ccc(S(=O)(=O)N(C)c2cc(C(=O)NCc3ccncc3)ccc2C)cc1. The summed E-state index contributed by atoms with van der Waals surface area (Å²) in [6.07, 6.45) is 3.33. The molecule has 1 amide bonds. The van der Waals surface area contributed by atoms with E-state index in [1.54, 1.807) is 54.9 Å². The summed E-state index contributed by atoms with van der Waals surface area (Å²) in [7, 11) is -2.24. The van der Waals surface area contributed by atoms with E-state index in [1.165, 1.54) is 11.4 Å². The van der Waals surface area contributed by atoms with Gasteiger partial charge in [-0.25, -0.2) is 8.42 Å². The van der Waals surface area contributed by atoms with Crippen molar-refractivity contribution in [2.24, 2.45) is 0 Å². The largest absolute Gasteiger partial charge is 0.348 e. The van der Waals surface area contributed by atoms with Gasteiger partial charge in [0.25, 0.3) is 15.9 Å². The molecule has 2 aromatic carbocycles. The third-order valence-corrected chi connectivity index (χ3v) is 6.48. The fourth-order valence-corrected chi connectivity index (χ4v) is 4.12. The van der Waals surface area contributed by atoms with Gasteiger partial charge in [0, 0.05) is 31.5 Å². The first-order chi connectivity index (χ1) is 13.8. The minimum absolute atomic E-state index is 0.206. The third kappa shape index (κ3) is 4.63. The van der Waals surface area contributed by atoms with Crippen molar-refractivity contribution in [1.29, 1.82) is 0 Å². The molecule has 0 aliphatic rings. The molecule has 29 heavy (non-hydrogen) atoms. The lowest BCUT2D eigenvalue weighted by Crippen LogP contribution is -2.28. The van der Waals surface area contributed by atoms with E-state index in [1.807, 2.05) is 26.0 Å². The number of rotatable bonds is 6. The van der Waals surface area contributed by atoms with Crippen LogP contribution in [0.15, 0.2) is 71.9 Å². The maximum atomic E-state index is 13.0. The molecule has 6 nitrogen and oxygen atoms in total. The lowest BCUT2D eigenvalue weighted by atomic mass is 10.1. The van der Waals surface area contributed by atoms with Gasteiger partial charge in [-0.1, -0.05) is 23.8 Å². The second-order valence-corrected chi connectivity index (χ2v) is 8.79. The van der Waals surface area contributed by atoms with Crippen LogP contribution in [0.5, 0.6) is 0 Å². The molecule has 0 aliphatic carbocycles. The Morgan fingerprint density at radius 1 is 1.00 bits per heavy atom. The normalized spacial score (nSPS) is 11.1. The Morgan fingerprint density at radius 3 is 2.31 bits per heavy atom. The summed E-state index contributed by atoms with van der Waals surface area (Å²) in [4.78, 5) is 16.7. The van der Waals surface area contributed by atoms with Crippen LogP contribution < -0.4 is 9.62 Å². The number of nitrogens with one attached hydrogen (secondary N) is 1. The Hall–Kier alpha value is -3.19. The van der Waals surface area contributed by atoms with Gasteiger partial charge in [-0.2, -0.15) is 0 Å². The summed E-state index contributed by atoms with van der Waals surface area (Å²) in [5.74, 6) is -0.274. The van der Waals surface area contributed by atoms with E-state index in [-0.39, 0.29) is 10.8 Å². The predicted octanol–water partition coefficient (Wildman–Crippen LogP) is 3.45. The second-order valence-electron chi connectivity index (χ2n) is 6.82. The van der Waals surface area contributed by atoms with E-state index >= 15 is 0 Å². The number of aryl methyl sites for hydroxylation is 2. The minimum atomic E-state index is -3.73. The van der Waals surface area contributed by atoms with Crippen molar-refractivity contribution in [2.75, 3.05) is 11.4 Å². The van der Waals surface area contributed by atoms with Crippen LogP contribution in [0, 0.1) is 13.8 Å². The molecule has 1 N–H and O–H groups in total. The van der Waals surface area contributed by atoms with Crippen LogP contribution >= 0.6 is 0 Å². The van der Waals surface area contributed by atoms with E-state index in [0.717, 1.165) is 16.7 Å². The number of pyridine rings is 1. The average molecular weight is 410 g/mol. The van der Waals surface area contributed by atoms with Gasteiger partial charge in [0.05, 0.1) is 10.6 Å². The zero-order valence-corrected chi connectivity index (χ0v) is 17.4. The zero-order valence-electron chi connectivity index (χ0n) is 16.6. The molecule has 0 saturated carbocycles. The summed E-state index contributed by atoms with van der Waals surface area (Å²) in [5.41, 5.74) is 3.53. The van der Waals surface area contributed by atoms with Crippen LogP contribution in [-0.4, -0.2) is 26.4 Å². The van der Waals surface area contributed by atoms with Crippen LogP contribution in [0.25, 0.3) is 0 Å². The maximum absolute atomic E-state index is 13.0. The minimum Gasteiger partial charge on any atom is -0.348 e. The molecule has 1 aromatic heterocycles. The molecule has 0 fully saturated rings. The molecule has 7 heteroatoms. The highest BCUT2D eigenvalue weighted by molar-refractivity contribution is 7.92. The zero-order chi connectivity index (χ0) is 21.0. The number of amides is 1. The quantitative estimate of drug-likeness (QED) is 0.676. The highest BCUT2D eigenvalue weighted by atomic mass is 32.2. The topological polar surface area (TPSA) is 79.4 Å². The van der Waals surface area contributed by atoms with Crippen LogP contribution in [0.1, 0.15) is 27.0 Å². The number of benzene rings is 2. The monoisotopic (exact) mass is 409 g/mol. The van der Waals surface area contributed by atoms with E-state index in [9.17, 15) is 13.2 Å². The fourth-order valence-electron chi connectivity index (χ4n) is 2.87. The Bertz CT molecular complexity index is 1110. The molecular formula is C22H23N3O3S. The lowest BCUT2D eigenvalue weighted by molar-refractivity contribution is 0.0951. The maximum Gasteiger partial charge on any atom is 0.264 e. The van der Waals surface area contributed by atoms with Crippen molar-refractivity contribution < 1.29 is 13.2 Å². The van der Waals surface area contributed by atoms with Crippen LogP contribution in [0.3, 0.4) is 0 Å². The third-order valence-electron chi connectivity index (χ3n) is 4.69. The van der Waals surface area contributed by atoms with Gasteiger partial charge in [0.1, 0.15) is 0 Å². The molecular weight excluding hydrogens is 386 g/mol. The molecule has 150 valence electrons. The summed E-state index contributed by atoms with van der Waals surface area (Å²) in [6, 6.07) is 15.4. The Balaban J connectivity index is 1.84. The summed E-state index contributed by atoms with van der Waals surface area (Å²) < 4.78 is 27.2. The fraction of sp³-hybridized carbons (Fsp3) is 0.182. The van der Waals surface area contributed by atoms with Gasteiger partial charge in [-0.05, 0) is 61.4 Å². The van der Waals surface area contributed by atoms with Gasteiger partial charge in [0.15, 0.2) is 0 Å². The van der Waals surface area contributed by atoms with E-state index < -0.39 is 10.0 Å². The lowest BCUT2D eigenvalue weighted by Gasteiger charge is -2.22. The Morgan fingerprint density at radius 2 is 1.66 bits per heavy atom. The van der Waals surface area contributed by atoms with Crippen molar-refractivity contribution in [3.8, 4) is 0 Å². The number of carbonyl (C=O) groups is 1. The number of sulfonamides is 1. The number of hydrogen-bond donors (Lipinski definition) is 1. The highest BCUT2D eigenvalue weighted by Gasteiger charge is 2.23. The van der Waals surface area contributed by atoms with Crippen molar-refractivity contribution in [3.63, 3.8) is 0 Å². The average Bonchev–Trinajstić information content (AvgIpc) is 2.73. The molecule has 0 radical (unpaired) electrons. The first kappa shape index (κ1) is 20.5. The summed E-state index contributed by atoms with van der Waals surface area (Å²) >= 11 is 0. The molecule has 0 aliphatic heterocycles. The molecule has 3 aromatic rings. The molecule has 3 rings (SSSR count). The first-order valence-corrected chi connectivity index (χ1v) is 10.6. The van der Waals surface area contributed by atoms with Crippen molar-refractivity contribution in [1.82, 2.24) is 10.3 Å².